The van der Waals surface area contributed by atoms with Crippen LogP contribution in [0.15, 0.2) is 0 Å². The fraction of sp³-hybridized carbons (Fsp3) is 1.00. The monoisotopic (exact) mass is 215 g/mol. The van der Waals surface area contributed by atoms with Gasteiger partial charge in [0.15, 0.2) is 0 Å². The Morgan fingerprint density at radius 3 is 2.00 bits per heavy atom. The Hall–Kier alpha value is 0.500. The molecule has 76 valence electrons. The summed E-state index contributed by atoms with van der Waals surface area (Å²) >= 11 is 5.44. The van der Waals surface area contributed by atoms with Crippen molar-refractivity contribution >= 4 is 11.6 Å². The fourth-order valence-electron chi connectivity index (χ4n) is 0.958. The summed E-state index contributed by atoms with van der Waals surface area (Å²) in [5.74, 6) is 0. The van der Waals surface area contributed by atoms with E-state index in [0.29, 0.717) is 6.42 Å². The molecule has 0 aliphatic carbocycles. The molecule has 4 heteroatoms. The van der Waals surface area contributed by atoms with Gasteiger partial charge in [-0.15, -0.1) is 0 Å². The Balaban J connectivity index is 0. The molecule has 0 rings (SSSR count). The SMILES string of the molecule is CC[N+](C)(CC)CCC(O)Cl.[Cl-]. The second-order valence-electron chi connectivity index (χ2n) is 3.20. The van der Waals surface area contributed by atoms with Crippen molar-refractivity contribution in [3.8, 4) is 0 Å². The van der Waals surface area contributed by atoms with Crippen LogP contribution in [0.2, 0.25) is 0 Å². The number of quaternary nitrogens is 1. The molecule has 2 nitrogen and oxygen atoms in total. The van der Waals surface area contributed by atoms with E-state index in [1.165, 1.54) is 0 Å². The van der Waals surface area contributed by atoms with Crippen LogP contribution in [0.1, 0.15) is 20.3 Å². The zero-order valence-electron chi connectivity index (χ0n) is 8.06. The first kappa shape index (κ1) is 15.0. The smallest absolute Gasteiger partial charge is 0.133 e. The van der Waals surface area contributed by atoms with Crippen LogP contribution in [0.5, 0.6) is 0 Å². The van der Waals surface area contributed by atoms with Crippen molar-refractivity contribution in [1.82, 2.24) is 0 Å². The van der Waals surface area contributed by atoms with Crippen molar-refractivity contribution < 1.29 is 22.0 Å². The van der Waals surface area contributed by atoms with Crippen LogP contribution in [0.4, 0.5) is 0 Å². The molecule has 0 bridgehead atoms. The average Bonchev–Trinajstić information content (AvgIpc) is 2.00. The van der Waals surface area contributed by atoms with Gasteiger partial charge < -0.3 is 22.0 Å². The quantitative estimate of drug-likeness (QED) is 0.434. The van der Waals surface area contributed by atoms with Crippen LogP contribution >= 0.6 is 11.6 Å². The molecule has 12 heavy (non-hydrogen) atoms. The Morgan fingerprint density at radius 2 is 1.75 bits per heavy atom. The Morgan fingerprint density at radius 1 is 1.33 bits per heavy atom. The zero-order valence-corrected chi connectivity index (χ0v) is 9.57. The third kappa shape index (κ3) is 6.06. The summed E-state index contributed by atoms with van der Waals surface area (Å²) in [4.78, 5) is 0. The van der Waals surface area contributed by atoms with Gasteiger partial charge >= 0.3 is 0 Å². The summed E-state index contributed by atoms with van der Waals surface area (Å²) in [7, 11) is 2.18. The summed E-state index contributed by atoms with van der Waals surface area (Å²) < 4.78 is 0.990. The molecule has 0 aromatic rings. The van der Waals surface area contributed by atoms with E-state index in [0.717, 1.165) is 24.1 Å². The number of aliphatic hydroxyl groups excluding tert-OH is 1. The lowest BCUT2D eigenvalue weighted by Crippen LogP contribution is -3.00. The Kier molecular flexibility index (Phi) is 8.69. The maximum absolute atomic E-state index is 8.86. The van der Waals surface area contributed by atoms with Gasteiger partial charge in [-0.3, -0.25) is 0 Å². The van der Waals surface area contributed by atoms with Gasteiger partial charge in [-0.2, -0.15) is 0 Å². The minimum Gasteiger partial charge on any atom is -1.00 e. The second kappa shape index (κ2) is 6.96. The van der Waals surface area contributed by atoms with Crippen molar-refractivity contribution in [2.75, 3.05) is 26.7 Å². The largest absolute Gasteiger partial charge is 1.00 e. The highest BCUT2D eigenvalue weighted by molar-refractivity contribution is 6.19. The van der Waals surface area contributed by atoms with E-state index in [9.17, 15) is 0 Å². The van der Waals surface area contributed by atoms with Gasteiger partial charge in [0, 0.05) is 6.42 Å². The number of hydrogen-bond acceptors (Lipinski definition) is 1. The van der Waals surface area contributed by atoms with E-state index in [1.54, 1.807) is 0 Å². The number of rotatable bonds is 5. The molecule has 0 aliphatic heterocycles. The molecule has 0 fully saturated rings. The van der Waals surface area contributed by atoms with Crippen LogP contribution in [0.25, 0.3) is 0 Å². The lowest BCUT2D eigenvalue weighted by atomic mass is 10.3. The van der Waals surface area contributed by atoms with E-state index >= 15 is 0 Å². The van der Waals surface area contributed by atoms with Crippen LogP contribution in [0, 0.1) is 0 Å². The highest BCUT2D eigenvalue weighted by Crippen LogP contribution is 2.06. The van der Waals surface area contributed by atoms with Crippen molar-refractivity contribution in [1.29, 1.82) is 0 Å². The van der Waals surface area contributed by atoms with Gasteiger partial charge in [0.25, 0.3) is 0 Å². The summed E-state index contributed by atoms with van der Waals surface area (Å²) in [6, 6.07) is 0. The molecule has 0 saturated carbocycles. The third-order valence-corrected chi connectivity index (χ3v) is 2.65. The minimum absolute atomic E-state index is 0. The average molecular weight is 216 g/mol. The minimum atomic E-state index is -0.675. The van der Waals surface area contributed by atoms with Crippen molar-refractivity contribution in [3.63, 3.8) is 0 Å². The topological polar surface area (TPSA) is 20.2 Å². The van der Waals surface area contributed by atoms with Crippen molar-refractivity contribution in [2.45, 2.75) is 25.8 Å². The van der Waals surface area contributed by atoms with Gasteiger partial charge in [-0.1, -0.05) is 11.6 Å². The lowest BCUT2D eigenvalue weighted by molar-refractivity contribution is -0.906. The molecule has 0 aromatic carbocycles. The van der Waals surface area contributed by atoms with E-state index in [4.69, 9.17) is 16.7 Å². The van der Waals surface area contributed by atoms with Crippen molar-refractivity contribution in [3.05, 3.63) is 0 Å². The van der Waals surface area contributed by atoms with Crippen LogP contribution in [0.3, 0.4) is 0 Å². The number of hydrogen-bond donors (Lipinski definition) is 1. The third-order valence-electron chi connectivity index (χ3n) is 2.43. The molecule has 0 aromatic heterocycles. The summed E-state index contributed by atoms with van der Waals surface area (Å²) in [6.07, 6.45) is 0.680. The summed E-state index contributed by atoms with van der Waals surface area (Å²) in [6.45, 7) is 7.46. The second-order valence-corrected chi connectivity index (χ2v) is 3.70. The lowest BCUT2D eigenvalue weighted by Gasteiger charge is -2.32. The number of alkyl halides is 1. The predicted octanol–water partition coefficient (Wildman–Crippen LogP) is -1.58. The highest BCUT2D eigenvalue weighted by Gasteiger charge is 2.16. The predicted molar refractivity (Wildman–Crippen MR) is 48.6 cm³/mol. The summed E-state index contributed by atoms with van der Waals surface area (Å²) in [5.41, 5.74) is -0.675. The molecule has 1 atom stereocenters. The first-order valence-electron chi connectivity index (χ1n) is 4.19. The molecule has 1 N–H and O–H groups in total. The fourth-order valence-corrected chi connectivity index (χ4v) is 1.06. The molecule has 0 saturated heterocycles. The molecular formula is C8H19Cl2NO. The van der Waals surface area contributed by atoms with Gasteiger partial charge in [-0.25, -0.2) is 0 Å². The van der Waals surface area contributed by atoms with E-state index in [-0.39, 0.29) is 12.4 Å². The van der Waals surface area contributed by atoms with Gasteiger partial charge in [0.1, 0.15) is 5.56 Å². The van der Waals surface area contributed by atoms with E-state index in [2.05, 4.69) is 20.9 Å². The molecule has 0 heterocycles. The molecule has 0 amide bonds. The van der Waals surface area contributed by atoms with Gasteiger partial charge in [0.05, 0.1) is 26.7 Å². The summed E-state index contributed by atoms with van der Waals surface area (Å²) in [5, 5.41) is 8.86. The standard InChI is InChI=1S/C8H19ClNO.ClH/c1-4-10(3,5-2)7-6-8(9)11;/h8,11H,4-7H2,1-3H3;1H/q+1;/p-1. The molecular weight excluding hydrogens is 197 g/mol. The number of aliphatic hydroxyl groups is 1. The van der Waals surface area contributed by atoms with Gasteiger partial charge in [-0.05, 0) is 13.8 Å². The van der Waals surface area contributed by atoms with Crippen LogP contribution < -0.4 is 12.4 Å². The molecule has 0 aliphatic rings. The molecule has 0 radical (unpaired) electrons. The first-order valence-corrected chi connectivity index (χ1v) is 4.63. The first-order chi connectivity index (χ1) is 5.04. The molecule has 1 unspecified atom stereocenters. The Labute approximate surface area is 86.5 Å². The molecule has 0 spiro atoms. The van der Waals surface area contributed by atoms with Crippen LogP contribution in [-0.4, -0.2) is 41.8 Å². The number of nitrogens with zero attached hydrogens (tertiary/aromatic N) is 1. The maximum atomic E-state index is 8.86. The van der Waals surface area contributed by atoms with Gasteiger partial charge in [0.2, 0.25) is 0 Å². The van der Waals surface area contributed by atoms with Crippen molar-refractivity contribution in [2.24, 2.45) is 0 Å². The van der Waals surface area contributed by atoms with Crippen LogP contribution in [-0.2, 0) is 0 Å². The Bertz CT molecular complexity index is 105. The highest BCUT2D eigenvalue weighted by atomic mass is 35.5. The number of halogens is 2. The zero-order chi connectivity index (χ0) is 8.91. The van der Waals surface area contributed by atoms with E-state index in [1.807, 2.05) is 0 Å². The normalized spacial score (nSPS) is 13.8. The maximum Gasteiger partial charge on any atom is 0.133 e. The van der Waals surface area contributed by atoms with E-state index < -0.39 is 5.56 Å².